The highest BCUT2D eigenvalue weighted by atomic mass is 79.9. The third-order valence-electron chi connectivity index (χ3n) is 3.20. The molecule has 3 rings (SSSR count). The van der Waals surface area contributed by atoms with Crippen molar-refractivity contribution in [3.05, 3.63) is 34.5 Å². The van der Waals surface area contributed by atoms with E-state index in [1.165, 1.54) is 24.6 Å². The first kappa shape index (κ1) is 10.4. The molecule has 2 nitrogen and oxygen atoms in total. The lowest BCUT2D eigenvalue weighted by Crippen LogP contribution is -2.34. The molecule has 1 aliphatic rings. The zero-order valence-electron chi connectivity index (χ0n) is 9.00. The minimum absolute atomic E-state index is 0.708. The lowest BCUT2D eigenvalue weighted by Gasteiger charge is -2.25. The molecule has 2 aromatic rings. The molecular weight excluding hydrogens is 266 g/mol. The standard InChI is InChI=1S/C13H14BrNO/c14-10-4-5-13-9(6-10)7-12(16-13)8-15-11-2-1-3-11/h4-7,11,15H,1-3,8H2. The van der Waals surface area contributed by atoms with Crippen molar-refractivity contribution in [3.8, 4) is 0 Å². The van der Waals surface area contributed by atoms with Gasteiger partial charge in [-0.15, -0.1) is 0 Å². The number of halogens is 1. The van der Waals surface area contributed by atoms with E-state index < -0.39 is 0 Å². The second-order valence-corrected chi connectivity index (χ2v) is 5.32. The fourth-order valence-corrected chi connectivity index (χ4v) is 2.39. The van der Waals surface area contributed by atoms with Crippen LogP contribution >= 0.6 is 15.9 Å². The van der Waals surface area contributed by atoms with Crippen LogP contribution in [0.4, 0.5) is 0 Å². The predicted octanol–water partition coefficient (Wildman–Crippen LogP) is 3.84. The molecule has 3 heteroatoms. The minimum atomic E-state index is 0.708. The predicted molar refractivity (Wildman–Crippen MR) is 68.4 cm³/mol. The SMILES string of the molecule is Brc1ccc2oc(CNC3CCC3)cc2c1. The van der Waals surface area contributed by atoms with Crippen LogP contribution in [-0.2, 0) is 6.54 Å². The molecule has 0 unspecified atom stereocenters. The van der Waals surface area contributed by atoms with E-state index in [0.29, 0.717) is 6.04 Å². The molecule has 1 aromatic carbocycles. The maximum atomic E-state index is 5.76. The largest absolute Gasteiger partial charge is 0.460 e. The summed E-state index contributed by atoms with van der Waals surface area (Å²) in [6.07, 6.45) is 3.99. The highest BCUT2D eigenvalue weighted by molar-refractivity contribution is 9.10. The lowest BCUT2D eigenvalue weighted by molar-refractivity contribution is 0.327. The van der Waals surface area contributed by atoms with Gasteiger partial charge >= 0.3 is 0 Å². The highest BCUT2D eigenvalue weighted by Crippen LogP contribution is 2.24. The first-order valence-electron chi connectivity index (χ1n) is 5.72. The van der Waals surface area contributed by atoms with Crippen molar-refractivity contribution >= 4 is 26.9 Å². The minimum Gasteiger partial charge on any atom is -0.460 e. The van der Waals surface area contributed by atoms with Crippen molar-refractivity contribution < 1.29 is 4.42 Å². The quantitative estimate of drug-likeness (QED) is 0.924. The van der Waals surface area contributed by atoms with E-state index in [1.807, 2.05) is 12.1 Å². The summed E-state index contributed by atoms with van der Waals surface area (Å²) in [7, 11) is 0. The van der Waals surface area contributed by atoms with Crippen molar-refractivity contribution in [2.45, 2.75) is 31.8 Å². The van der Waals surface area contributed by atoms with Gasteiger partial charge in [0.25, 0.3) is 0 Å². The van der Waals surface area contributed by atoms with Crippen LogP contribution < -0.4 is 5.32 Å². The summed E-state index contributed by atoms with van der Waals surface area (Å²) in [5, 5.41) is 4.67. The Hall–Kier alpha value is -0.800. The fraction of sp³-hybridized carbons (Fsp3) is 0.385. The molecule has 1 heterocycles. The molecule has 1 aliphatic carbocycles. The topological polar surface area (TPSA) is 25.2 Å². The smallest absolute Gasteiger partial charge is 0.134 e. The molecule has 0 atom stereocenters. The average Bonchev–Trinajstić information content (AvgIpc) is 2.57. The summed E-state index contributed by atoms with van der Waals surface area (Å²) >= 11 is 3.47. The molecule has 1 fully saturated rings. The molecular formula is C13H14BrNO. The second kappa shape index (κ2) is 4.22. The fourth-order valence-electron chi connectivity index (χ4n) is 2.01. The number of rotatable bonds is 3. The molecule has 0 saturated heterocycles. The Kier molecular flexibility index (Phi) is 2.74. The molecule has 0 bridgehead atoms. The van der Waals surface area contributed by atoms with Crippen LogP contribution in [0, 0.1) is 0 Å². The molecule has 0 radical (unpaired) electrons. The highest BCUT2D eigenvalue weighted by Gasteiger charge is 2.16. The normalized spacial score (nSPS) is 16.6. The Labute approximate surface area is 103 Å². The van der Waals surface area contributed by atoms with Crippen LogP contribution in [0.3, 0.4) is 0 Å². The number of benzene rings is 1. The molecule has 16 heavy (non-hydrogen) atoms. The van der Waals surface area contributed by atoms with E-state index in [-0.39, 0.29) is 0 Å². The Morgan fingerprint density at radius 1 is 1.31 bits per heavy atom. The maximum Gasteiger partial charge on any atom is 0.134 e. The first-order chi connectivity index (χ1) is 7.81. The van der Waals surface area contributed by atoms with Gasteiger partial charge in [0.15, 0.2) is 0 Å². The van der Waals surface area contributed by atoms with Gasteiger partial charge in [-0.05, 0) is 37.1 Å². The van der Waals surface area contributed by atoms with Crippen molar-refractivity contribution in [2.75, 3.05) is 0 Å². The van der Waals surface area contributed by atoms with Crippen molar-refractivity contribution in [2.24, 2.45) is 0 Å². The molecule has 84 valence electrons. The van der Waals surface area contributed by atoms with Gasteiger partial charge in [0, 0.05) is 15.9 Å². The van der Waals surface area contributed by atoms with Crippen LogP contribution in [-0.4, -0.2) is 6.04 Å². The van der Waals surface area contributed by atoms with E-state index in [9.17, 15) is 0 Å². The van der Waals surface area contributed by atoms with Gasteiger partial charge in [-0.3, -0.25) is 0 Å². The average molecular weight is 280 g/mol. The van der Waals surface area contributed by atoms with Crippen molar-refractivity contribution in [3.63, 3.8) is 0 Å². The third kappa shape index (κ3) is 2.02. The van der Waals surface area contributed by atoms with E-state index >= 15 is 0 Å². The molecule has 1 aromatic heterocycles. The van der Waals surface area contributed by atoms with Crippen LogP contribution in [0.15, 0.2) is 33.2 Å². The lowest BCUT2D eigenvalue weighted by atomic mass is 9.93. The summed E-state index contributed by atoms with van der Waals surface area (Å²) in [6.45, 7) is 0.844. The van der Waals surface area contributed by atoms with Gasteiger partial charge in [0.1, 0.15) is 11.3 Å². The van der Waals surface area contributed by atoms with Crippen molar-refractivity contribution in [1.29, 1.82) is 0 Å². The number of fused-ring (bicyclic) bond motifs is 1. The van der Waals surface area contributed by atoms with Gasteiger partial charge in [0.05, 0.1) is 6.54 Å². The summed E-state index contributed by atoms with van der Waals surface area (Å²) in [5.74, 6) is 1.03. The van der Waals surface area contributed by atoms with Crippen LogP contribution in [0.1, 0.15) is 25.0 Å². The Morgan fingerprint density at radius 3 is 2.94 bits per heavy atom. The maximum absolute atomic E-state index is 5.76. The van der Waals surface area contributed by atoms with Gasteiger partial charge in [-0.1, -0.05) is 22.4 Å². The second-order valence-electron chi connectivity index (χ2n) is 4.40. The van der Waals surface area contributed by atoms with Gasteiger partial charge in [-0.25, -0.2) is 0 Å². The molecule has 0 aliphatic heterocycles. The third-order valence-corrected chi connectivity index (χ3v) is 3.69. The summed E-state index contributed by atoms with van der Waals surface area (Å²) in [4.78, 5) is 0. The van der Waals surface area contributed by atoms with Gasteiger partial charge in [-0.2, -0.15) is 0 Å². The zero-order valence-corrected chi connectivity index (χ0v) is 10.6. The van der Waals surface area contributed by atoms with Crippen molar-refractivity contribution in [1.82, 2.24) is 5.32 Å². The Morgan fingerprint density at radius 2 is 2.19 bits per heavy atom. The summed E-state index contributed by atoms with van der Waals surface area (Å²) in [5.41, 5.74) is 0.966. The van der Waals surface area contributed by atoms with Crippen LogP contribution in [0.2, 0.25) is 0 Å². The Bertz CT molecular complexity index is 502. The van der Waals surface area contributed by atoms with Gasteiger partial charge in [0.2, 0.25) is 0 Å². The van der Waals surface area contributed by atoms with E-state index in [4.69, 9.17) is 4.42 Å². The van der Waals surface area contributed by atoms with E-state index in [2.05, 4.69) is 33.4 Å². The van der Waals surface area contributed by atoms with Crippen LogP contribution in [0.5, 0.6) is 0 Å². The summed E-state index contributed by atoms with van der Waals surface area (Å²) in [6, 6.07) is 8.93. The zero-order chi connectivity index (χ0) is 11.0. The number of nitrogens with one attached hydrogen (secondary N) is 1. The number of furan rings is 1. The molecule has 0 spiro atoms. The van der Waals surface area contributed by atoms with E-state index in [0.717, 1.165) is 22.4 Å². The summed E-state index contributed by atoms with van der Waals surface area (Å²) < 4.78 is 6.86. The first-order valence-corrected chi connectivity index (χ1v) is 6.52. The Balaban J connectivity index is 1.76. The molecule has 0 amide bonds. The molecule has 1 N–H and O–H groups in total. The van der Waals surface area contributed by atoms with Crippen LogP contribution in [0.25, 0.3) is 11.0 Å². The number of hydrogen-bond donors (Lipinski definition) is 1. The van der Waals surface area contributed by atoms with E-state index in [1.54, 1.807) is 0 Å². The van der Waals surface area contributed by atoms with Gasteiger partial charge < -0.3 is 9.73 Å². The molecule has 1 saturated carbocycles. The monoisotopic (exact) mass is 279 g/mol. The number of hydrogen-bond acceptors (Lipinski definition) is 2.